The molecule has 0 atom stereocenters. The van der Waals surface area contributed by atoms with E-state index >= 15 is 0 Å². The number of nitrogens with one attached hydrogen (secondary N) is 1. The van der Waals surface area contributed by atoms with Crippen LogP contribution in [0.4, 0.5) is 11.6 Å². The van der Waals surface area contributed by atoms with Crippen molar-refractivity contribution in [2.75, 3.05) is 4.72 Å². The molecule has 18 heavy (non-hydrogen) atoms. The van der Waals surface area contributed by atoms with Gasteiger partial charge in [0.1, 0.15) is 5.69 Å². The van der Waals surface area contributed by atoms with Gasteiger partial charge in [-0.15, -0.1) is 4.91 Å². The highest BCUT2D eigenvalue weighted by atomic mass is 32.2. The summed E-state index contributed by atoms with van der Waals surface area (Å²) < 4.78 is 26.0. The number of aromatic nitrogens is 2. The Morgan fingerprint density at radius 2 is 1.67 bits per heavy atom. The van der Waals surface area contributed by atoms with Crippen LogP contribution in [-0.4, -0.2) is 18.4 Å². The lowest BCUT2D eigenvalue weighted by Gasteiger charge is -2.05. The number of benzene rings is 1. The third-order valence-corrected chi connectivity index (χ3v) is 3.39. The van der Waals surface area contributed by atoms with Crippen molar-refractivity contribution in [3.8, 4) is 0 Å². The van der Waals surface area contributed by atoms with Crippen LogP contribution in [0.2, 0.25) is 0 Å². The lowest BCUT2D eigenvalue weighted by atomic mass is 10.3. The average Bonchev–Trinajstić information content (AvgIpc) is 2.39. The monoisotopic (exact) mass is 264 g/mol. The fourth-order valence-electron chi connectivity index (χ4n) is 1.22. The molecular formula is C10H8N4O3S. The molecule has 0 radical (unpaired) electrons. The van der Waals surface area contributed by atoms with Crippen LogP contribution in [0, 0.1) is 4.91 Å². The van der Waals surface area contributed by atoms with Crippen molar-refractivity contribution in [3.63, 3.8) is 0 Å². The summed E-state index contributed by atoms with van der Waals surface area (Å²) in [4.78, 5) is 17.7. The number of anilines is 1. The van der Waals surface area contributed by atoms with E-state index in [1.54, 1.807) is 6.07 Å². The first-order chi connectivity index (χ1) is 8.62. The number of hydrogen-bond acceptors (Lipinski definition) is 6. The number of hydrogen-bond donors (Lipinski definition) is 1. The fraction of sp³-hybridized carbons (Fsp3) is 0. The minimum Gasteiger partial charge on any atom is -0.247 e. The smallest absolute Gasteiger partial charge is 0.247 e. The summed E-state index contributed by atoms with van der Waals surface area (Å²) in [5, 5.41) is 2.69. The maximum absolute atomic E-state index is 11.9. The van der Waals surface area contributed by atoms with Crippen LogP contribution < -0.4 is 4.72 Å². The minimum atomic E-state index is -3.76. The molecule has 0 unspecified atom stereocenters. The molecule has 2 rings (SSSR count). The normalized spacial score (nSPS) is 10.9. The van der Waals surface area contributed by atoms with Crippen molar-refractivity contribution < 1.29 is 8.42 Å². The molecule has 0 fully saturated rings. The summed E-state index contributed by atoms with van der Waals surface area (Å²) >= 11 is 0. The van der Waals surface area contributed by atoms with Gasteiger partial charge < -0.3 is 0 Å². The van der Waals surface area contributed by atoms with Gasteiger partial charge in [0.25, 0.3) is 10.0 Å². The maximum atomic E-state index is 11.9. The van der Waals surface area contributed by atoms with Crippen molar-refractivity contribution in [3.05, 3.63) is 47.6 Å². The van der Waals surface area contributed by atoms with Crippen molar-refractivity contribution in [2.45, 2.75) is 4.90 Å². The predicted octanol–water partition coefficient (Wildman–Crippen LogP) is 1.68. The minimum absolute atomic E-state index is 0.00218. The second-order valence-corrected chi connectivity index (χ2v) is 4.95. The summed E-state index contributed by atoms with van der Waals surface area (Å²) in [5.41, 5.74) is 0.157. The molecular weight excluding hydrogens is 256 g/mol. The summed E-state index contributed by atoms with van der Waals surface area (Å²) in [6.45, 7) is 0. The molecule has 0 aliphatic rings. The van der Waals surface area contributed by atoms with Gasteiger partial charge in [0, 0.05) is 12.4 Å². The van der Waals surface area contributed by atoms with Crippen molar-refractivity contribution in [2.24, 2.45) is 5.18 Å². The number of sulfonamides is 1. The van der Waals surface area contributed by atoms with Crippen LogP contribution in [0.15, 0.2) is 52.8 Å². The SMILES string of the molecule is O=Nc1ccc(S(=O)(=O)Nc2ncccn2)cc1. The Labute approximate surface area is 103 Å². The second-order valence-electron chi connectivity index (χ2n) is 3.26. The van der Waals surface area contributed by atoms with Crippen LogP contribution >= 0.6 is 0 Å². The molecule has 0 bridgehead atoms. The first-order valence-electron chi connectivity index (χ1n) is 4.85. The standard InChI is InChI=1S/C10H8N4O3S/c15-13-8-2-4-9(5-3-8)18(16,17)14-10-11-6-1-7-12-10/h1-7H,(H,11,12,14). The van der Waals surface area contributed by atoms with Crippen LogP contribution in [-0.2, 0) is 10.0 Å². The third-order valence-electron chi connectivity index (χ3n) is 2.04. The van der Waals surface area contributed by atoms with Crippen LogP contribution in [0.5, 0.6) is 0 Å². The van der Waals surface area contributed by atoms with Crippen LogP contribution in [0.25, 0.3) is 0 Å². The molecule has 2 aromatic rings. The third kappa shape index (κ3) is 2.66. The molecule has 0 aliphatic heterocycles. The van der Waals surface area contributed by atoms with E-state index in [-0.39, 0.29) is 16.5 Å². The number of nitrogens with zero attached hydrogens (tertiary/aromatic N) is 3. The van der Waals surface area contributed by atoms with E-state index in [1.165, 1.54) is 36.7 Å². The molecule has 92 valence electrons. The van der Waals surface area contributed by atoms with E-state index in [2.05, 4.69) is 19.9 Å². The number of rotatable bonds is 4. The quantitative estimate of drug-likeness (QED) is 0.846. The summed E-state index contributed by atoms with van der Waals surface area (Å²) in [6.07, 6.45) is 2.84. The van der Waals surface area contributed by atoms with E-state index < -0.39 is 10.0 Å². The zero-order valence-electron chi connectivity index (χ0n) is 9.02. The molecule has 0 spiro atoms. The average molecular weight is 264 g/mol. The van der Waals surface area contributed by atoms with Crippen molar-refractivity contribution >= 4 is 21.7 Å². The molecule has 8 heteroatoms. The van der Waals surface area contributed by atoms with E-state index in [0.717, 1.165) is 0 Å². The molecule has 0 saturated carbocycles. The van der Waals surface area contributed by atoms with Gasteiger partial charge in [0.05, 0.1) is 4.90 Å². The molecule has 1 aromatic carbocycles. The highest BCUT2D eigenvalue weighted by molar-refractivity contribution is 7.92. The van der Waals surface area contributed by atoms with E-state index in [0.29, 0.717) is 0 Å². The Bertz CT molecular complexity index is 641. The lowest BCUT2D eigenvalue weighted by molar-refractivity contribution is 0.601. The van der Waals surface area contributed by atoms with Crippen LogP contribution in [0.3, 0.4) is 0 Å². The Morgan fingerprint density at radius 3 is 2.22 bits per heavy atom. The highest BCUT2D eigenvalue weighted by Gasteiger charge is 2.15. The van der Waals surface area contributed by atoms with E-state index in [9.17, 15) is 13.3 Å². The van der Waals surface area contributed by atoms with E-state index in [1.807, 2.05) is 0 Å². The van der Waals surface area contributed by atoms with Gasteiger partial charge in [-0.1, -0.05) is 0 Å². The molecule has 7 nitrogen and oxygen atoms in total. The topological polar surface area (TPSA) is 101 Å². The van der Waals surface area contributed by atoms with E-state index in [4.69, 9.17) is 0 Å². The second kappa shape index (κ2) is 4.88. The van der Waals surface area contributed by atoms with Gasteiger partial charge in [-0.25, -0.2) is 23.1 Å². The predicted molar refractivity (Wildman–Crippen MR) is 64.7 cm³/mol. The van der Waals surface area contributed by atoms with Crippen molar-refractivity contribution in [1.29, 1.82) is 0 Å². The van der Waals surface area contributed by atoms with Crippen molar-refractivity contribution in [1.82, 2.24) is 9.97 Å². The van der Waals surface area contributed by atoms with Gasteiger partial charge in [0.15, 0.2) is 0 Å². The van der Waals surface area contributed by atoms with Gasteiger partial charge in [-0.05, 0) is 35.5 Å². The first kappa shape index (κ1) is 12.1. The van der Waals surface area contributed by atoms with Gasteiger partial charge in [-0.3, -0.25) is 0 Å². The number of nitroso groups, excluding NO2 is 1. The largest absolute Gasteiger partial charge is 0.264 e. The summed E-state index contributed by atoms with van der Waals surface area (Å²) in [5.74, 6) is -0.0184. The first-order valence-corrected chi connectivity index (χ1v) is 6.33. The Kier molecular flexibility index (Phi) is 3.28. The molecule has 0 aliphatic carbocycles. The highest BCUT2D eigenvalue weighted by Crippen LogP contribution is 2.17. The molecule has 1 N–H and O–H groups in total. The van der Waals surface area contributed by atoms with Gasteiger partial charge in [-0.2, -0.15) is 0 Å². The van der Waals surface area contributed by atoms with Crippen LogP contribution in [0.1, 0.15) is 0 Å². The zero-order valence-corrected chi connectivity index (χ0v) is 9.83. The molecule has 0 amide bonds. The Hall–Kier alpha value is -2.35. The lowest BCUT2D eigenvalue weighted by Crippen LogP contribution is -2.14. The zero-order chi connectivity index (χ0) is 13.0. The Morgan fingerprint density at radius 1 is 1.06 bits per heavy atom. The summed E-state index contributed by atoms with van der Waals surface area (Å²) in [6, 6.07) is 6.76. The fourth-order valence-corrected chi connectivity index (χ4v) is 2.18. The van der Waals surface area contributed by atoms with Gasteiger partial charge >= 0.3 is 0 Å². The molecule has 0 saturated heterocycles. The summed E-state index contributed by atoms with van der Waals surface area (Å²) in [7, 11) is -3.76. The molecule has 1 aromatic heterocycles. The molecule has 1 heterocycles. The Balaban J connectivity index is 2.28. The van der Waals surface area contributed by atoms with Gasteiger partial charge in [0.2, 0.25) is 5.95 Å². The maximum Gasteiger partial charge on any atom is 0.264 e.